The van der Waals surface area contributed by atoms with Crippen LogP contribution in [0.25, 0.3) is 0 Å². The van der Waals surface area contributed by atoms with Crippen LogP contribution in [-0.4, -0.2) is 5.54 Å². The largest absolute Gasteiger partial charge is 0.325 e. The summed E-state index contributed by atoms with van der Waals surface area (Å²) in [4.78, 5) is 0. The summed E-state index contributed by atoms with van der Waals surface area (Å²) in [6.07, 6.45) is 3.91. The van der Waals surface area contributed by atoms with Crippen molar-refractivity contribution in [3.05, 3.63) is 0 Å². The summed E-state index contributed by atoms with van der Waals surface area (Å²) in [6, 6.07) is 0. The molecule has 1 nitrogen and oxygen atoms in total. The predicted octanol–water partition coefficient (Wildman–Crippen LogP) is 2.16. The smallest absolute Gasteiger partial charge is 0.0188 e. The average Bonchev–Trinajstić information content (AvgIpc) is 2.36. The molecule has 0 aliphatic heterocycles. The quantitative estimate of drug-likeness (QED) is 0.567. The first-order valence-corrected chi connectivity index (χ1v) is 4.76. The van der Waals surface area contributed by atoms with E-state index in [0.717, 1.165) is 5.92 Å². The molecule has 3 atom stereocenters. The van der Waals surface area contributed by atoms with Gasteiger partial charge in [-0.1, -0.05) is 20.8 Å². The molecule has 0 aromatic carbocycles. The molecule has 0 aromatic heterocycles. The van der Waals surface area contributed by atoms with Crippen molar-refractivity contribution in [1.29, 1.82) is 0 Å². The highest BCUT2D eigenvalue weighted by Gasteiger charge is 2.57. The summed E-state index contributed by atoms with van der Waals surface area (Å²) in [6.45, 7) is 7.10. The standard InChI is InChI=1S/C10H19N/c1-7-9(2,3)8-4-5-10(7,11)6-8/h7-8H,4-6,11H2,1-3H3/t7-,8+,10-/m0/s1. The van der Waals surface area contributed by atoms with Crippen molar-refractivity contribution in [2.75, 3.05) is 0 Å². The summed E-state index contributed by atoms with van der Waals surface area (Å²) < 4.78 is 0. The molecule has 0 heterocycles. The van der Waals surface area contributed by atoms with Crippen LogP contribution in [0.3, 0.4) is 0 Å². The molecule has 0 radical (unpaired) electrons. The van der Waals surface area contributed by atoms with E-state index in [1.807, 2.05) is 0 Å². The highest BCUT2D eigenvalue weighted by Crippen LogP contribution is 2.59. The first-order valence-electron chi connectivity index (χ1n) is 4.76. The van der Waals surface area contributed by atoms with E-state index in [0.29, 0.717) is 11.3 Å². The van der Waals surface area contributed by atoms with Crippen LogP contribution in [0.1, 0.15) is 40.0 Å². The number of hydrogen-bond acceptors (Lipinski definition) is 1. The number of nitrogens with two attached hydrogens (primary N) is 1. The molecule has 0 spiro atoms. The highest BCUT2D eigenvalue weighted by molar-refractivity contribution is 5.11. The van der Waals surface area contributed by atoms with Crippen LogP contribution in [0.4, 0.5) is 0 Å². The minimum absolute atomic E-state index is 0.203. The lowest BCUT2D eigenvalue weighted by Crippen LogP contribution is -2.46. The van der Waals surface area contributed by atoms with Crippen LogP contribution in [0.5, 0.6) is 0 Å². The summed E-state index contributed by atoms with van der Waals surface area (Å²) in [7, 11) is 0. The monoisotopic (exact) mass is 153 g/mol. The molecule has 2 aliphatic rings. The van der Waals surface area contributed by atoms with E-state index in [9.17, 15) is 0 Å². The van der Waals surface area contributed by atoms with Crippen LogP contribution >= 0.6 is 0 Å². The van der Waals surface area contributed by atoms with Crippen LogP contribution in [0, 0.1) is 17.3 Å². The van der Waals surface area contributed by atoms with Gasteiger partial charge in [0.15, 0.2) is 0 Å². The molecule has 2 saturated carbocycles. The third-order valence-electron chi connectivity index (χ3n) is 4.62. The molecule has 2 aliphatic carbocycles. The summed E-state index contributed by atoms with van der Waals surface area (Å²) in [5.74, 6) is 1.62. The van der Waals surface area contributed by atoms with Gasteiger partial charge in [-0.2, -0.15) is 0 Å². The zero-order chi connectivity index (χ0) is 8.28. The van der Waals surface area contributed by atoms with E-state index in [4.69, 9.17) is 5.73 Å². The van der Waals surface area contributed by atoms with Crippen LogP contribution in [0.2, 0.25) is 0 Å². The van der Waals surface area contributed by atoms with Crippen LogP contribution in [-0.2, 0) is 0 Å². The number of fused-ring (bicyclic) bond motifs is 2. The lowest BCUT2D eigenvalue weighted by Gasteiger charge is -2.40. The third kappa shape index (κ3) is 0.752. The van der Waals surface area contributed by atoms with Crippen molar-refractivity contribution in [1.82, 2.24) is 0 Å². The van der Waals surface area contributed by atoms with Gasteiger partial charge in [0.05, 0.1) is 0 Å². The molecule has 0 amide bonds. The summed E-state index contributed by atoms with van der Waals surface area (Å²) in [5, 5.41) is 0. The second kappa shape index (κ2) is 1.82. The molecule has 0 aromatic rings. The third-order valence-corrected chi connectivity index (χ3v) is 4.62. The molecule has 2 bridgehead atoms. The first kappa shape index (κ1) is 7.60. The van der Waals surface area contributed by atoms with Gasteiger partial charge in [-0.05, 0) is 36.5 Å². The zero-order valence-corrected chi connectivity index (χ0v) is 7.85. The second-order valence-corrected chi connectivity index (χ2v) is 5.22. The van der Waals surface area contributed by atoms with E-state index in [1.54, 1.807) is 0 Å². The van der Waals surface area contributed by atoms with Crippen molar-refractivity contribution < 1.29 is 0 Å². The zero-order valence-electron chi connectivity index (χ0n) is 7.85. The second-order valence-electron chi connectivity index (χ2n) is 5.22. The van der Waals surface area contributed by atoms with Gasteiger partial charge < -0.3 is 5.73 Å². The van der Waals surface area contributed by atoms with Gasteiger partial charge in [-0.3, -0.25) is 0 Å². The van der Waals surface area contributed by atoms with Gasteiger partial charge in [0, 0.05) is 5.54 Å². The topological polar surface area (TPSA) is 26.0 Å². The molecule has 2 N–H and O–H groups in total. The highest BCUT2D eigenvalue weighted by atomic mass is 14.8. The normalized spacial score (nSPS) is 53.5. The molecule has 64 valence electrons. The van der Waals surface area contributed by atoms with Gasteiger partial charge in [0.1, 0.15) is 0 Å². The van der Waals surface area contributed by atoms with Crippen molar-refractivity contribution >= 4 is 0 Å². The molecular weight excluding hydrogens is 134 g/mol. The van der Waals surface area contributed by atoms with E-state index in [1.165, 1.54) is 19.3 Å². The SMILES string of the molecule is C[C@H]1C(C)(C)[C@@H]2CC[C@]1(N)C2. The Morgan fingerprint density at radius 1 is 1.36 bits per heavy atom. The maximum absolute atomic E-state index is 6.32. The minimum atomic E-state index is 0.203. The molecule has 0 unspecified atom stereocenters. The summed E-state index contributed by atoms with van der Waals surface area (Å²) in [5.41, 5.74) is 7.03. The number of rotatable bonds is 0. The van der Waals surface area contributed by atoms with Crippen molar-refractivity contribution in [2.45, 2.75) is 45.6 Å². The lowest BCUT2D eigenvalue weighted by atomic mass is 9.68. The Morgan fingerprint density at radius 2 is 2.00 bits per heavy atom. The fourth-order valence-corrected chi connectivity index (χ4v) is 3.23. The molecule has 2 fully saturated rings. The first-order chi connectivity index (χ1) is 4.97. The molecular formula is C10H19N. The van der Waals surface area contributed by atoms with Crippen LogP contribution in [0.15, 0.2) is 0 Å². The Kier molecular flexibility index (Phi) is 1.26. The Balaban J connectivity index is 2.34. The Bertz CT molecular complexity index is 181. The van der Waals surface area contributed by atoms with E-state index in [2.05, 4.69) is 20.8 Å². The van der Waals surface area contributed by atoms with Crippen LogP contribution < -0.4 is 5.73 Å². The Labute approximate surface area is 69.4 Å². The van der Waals surface area contributed by atoms with E-state index >= 15 is 0 Å². The lowest BCUT2D eigenvalue weighted by molar-refractivity contribution is 0.123. The minimum Gasteiger partial charge on any atom is -0.325 e. The van der Waals surface area contributed by atoms with Crippen molar-refractivity contribution in [3.63, 3.8) is 0 Å². The Morgan fingerprint density at radius 3 is 2.27 bits per heavy atom. The van der Waals surface area contributed by atoms with Gasteiger partial charge in [0.25, 0.3) is 0 Å². The maximum atomic E-state index is 6.32. The molecule has 2 rings (SSSR count). The van der Waals surface area contributed by atoms with Gasteiger partial charge in [-0.15, -0.1) is 0 Å². The van der Waals surface area contributed by atoms with Gasteiger partial charge >= 0.3 is 0 Å². The Hall–Kier alpha value is -0.0400. The predicted molar refractivity (Wildman–Crippen MR) is 47.2 cm³/mol. The maximum Gasteiger partial charge on any atom is 0.0188 e. The molecule has 11 heavy (non-hydrogen) atoms. The van der Waals surface area contributed by atoms with E-state index < -0.39 is 0 Å². The van der Waals surface area contributed by atoms with Gasteiger partial charge in [0.2, 0.25) is 0 Å². The fraction of sp³-hybridized carbons (Fsp3) is 1.00. The van der Waals surface area contributed by atoms with Crippen molar-refractivity contribution in [3.8, 4) is 0 Å². The average molecular weight is 153 g/mol. The van der Waals surface area contributed by atoms with Crippen molar-refractivity contribution in [2.24, 2.45) is 23.0 Å². The molecule has 1 heteroatoms. The number of hydrogen-bond donors (Lipinski definition) is 1. The molecule has 0 saturated heterocycles. The van der Waals surface area contributed by atoms with E-state index in [-0.39, 0.29) is 5.54 Å². The van der Waals surface area contributed by atoms with Gasteiger partial charge in [-0.25, -0.2) is 0 Å². The summed E-state index contributed by atoms with van der Waals surface area (Å²) >= 11 is 0. The fourth-order valence-electron chi connectivity index (χ4n) is 3.23.